The second-order valence-electron chi connectivity index (χ2n) is 5.37. The van der Waals surface area contributed by atoms with Gasteiger partial charge in [-0.3, -0.25) is 0 Å². The largest absolute Gasteiger partial charge is 0.0630 e. The highest BCUT2D eigenvalue weighted by Gasteiger charge is 2.15. The lowest BCUT2D eigenvalue weighted by atomic mass is 9.82. The van der Waals surface area contributed by atoms with Gasteiger partial charge in [-0.05, 0) is 17.8 Å². The quantitative estimate of drug-likeness (QED) is 0.544. The Kier molecular flexibility index (Phi) is 7.41. The second kappa shape index (κ2) is 7.41. The maximum Gasteiger partial charge on any atom is -0.0391 e. The Labute approximate surface area is 85.1 Å². The Hall–Kier alpha value is 0. The Morgan fingerprint density at radius 1 is 0.769 bits per heavy atom. The topological polar surface area (TPSA) is 0 Å². The van der Waals surface area contributed by atoms with E-state index in [4.69, 9.17) is 0 Å². The summed E-state index contributed by atoms with van der Waals surface area (Å²) in [5.74, 6) is 2.82. The number of rotatable bonds is 1. The van der Waals surface area contributed by atoms with Crippen LogP contribution in [0.2, 0.25) is 0 Å². The van der Waals surface area contributed by atoms with Crippen molar-refractivity contribution in [3.63, 3.8) is 0 Å². The average molecular weight is 184 g/mol. The minimum atomic E-state index is 0.833. The predicted molar refractivity (Wildman–Crippen MR) is 61.9 cm³/mol. The van der Waals surface area contributed by atoms with Crippen LogP contribution in [0.1, 0.15) is 66.7 Å². The number of hydrogen-bond donors (Lipinski definition) is 0. The van der Waals surface area contributed by atoms with Crippen molar-refractivity contribution in [2.75, 3.05) is 0 Å². The van der Waals surface area contributed by atoms with Gasteiger partial charge in [0.05, 0.1) is 0 Å². The summed E-state index contributed by atoms with van der Waals surface area (Å²) in [7, 11) is 0. The Morgan fingerprint density at radius 2 is 1.15 bits per heavy atom. The molecule has 0 amide bonds. The molecule has 0 heteroatoms. The summed E-state index contributed by atoms with van der Waals surface area (Å²) < 4.78 is 0. The van der Waals surface area contributed by atoms with Gasteiger partial charge in [-0.1, -0.05) is 66.7 Å². The molecular weight excluding hydrogens is 156 g/mol. The van der Waals surface area contributed by atoms with Gasteiger partial charge in [0.2, 0.25) is 0 Å². The maximum absolute atomic E-state index is 2.36. The number of hydrogen-bond acceptors (Lipinski definition) is 0. The third kappa shape index (κ3) is 8.33. The highest BCUT2D eigenvalue weighted by Crippen LogP contribution is 2.29. The molecule has 0 spiro atoms. The fourth-order valence-corrected chi connectivity index (χ4v) is 1.80. The summed E-state index contributed by atoms with van der Waals surface area (Å²) in [5.41, 5.74) is 0. The minimum absolute atomic E-state index is 0.833. The molecule has 0 aromatic heterocycles. The van der Waals surface area contributed by atoms with Crippen LogP contribution in [0.25, 0.3) is 0 Å². The summed E-state index contributed by atoms with van der Waals surface area (Å²) in [5, 5.41) is 0. The fourth-order valence-electron chi connectivity index (χ4n) is 1.80. The Bertz CT molecular complexity index is 93.9. The molecule has 0 bridgehead atoms. The Morgan fingerprint density at radius 3 is 1.38 bits per heavy atom. The summed E-state index contributed by atoms with van der Waals surface area (Å²) in [6, 6.07) is 0. The van der Waals surface area contributed by atoms with E-state index in [-0.39, 0.29) is 0 Å². The molecule has 0 atom stereocenters. The van der Waals surface area contributed by atoms with E-state index >= 15 is 0 Å². The van der Waals surface area contributed by atoms with Gasteiger partial charge in [0.1, 0.15) is 0 Å². The van der Waals surface area contributed by atoms with Gasteiger partial charge in [0, 0.05) is 0 Å². The molecule has 0 N–H and O–H groups in total. The third-order valence-corrected chi connectivity index (χ3v) is 2.59. The van der Waals surface area contributed by atoms with E-state index in [1.165, 1.54) is 32.1 Å². The Balaban J connectivity index is 0.000000310. The van der Waals surface area contributed by atoms with Crippen molar-refractivity contribution >= 4 is 0 Å². The molecule has 1 saturated carbocycles. The smallest absolute Gasteiger partial charge is 0.0391 e. The van der Waals surface area contributed by atoms with Crippen molar-refractivity contribution in [3.05, 3.63) is 0 Å². The molecule has 0 saturated heterocycles. The van der Waals surface area contributed by atoms with Crippen LogP contribution in [0.4, 0.5) is 0 Å². The van der Waals surface area contributed by atoms with E-state index in [1.807, 2.05) is 0 Å². The van der Waals surface area contributed by atoms with Crippen LogP contribution in [0.5, 0.6) is 0 Å². The van der Waals surface area contributed by atoms with E-state index in [2.05, 4.69) is 34.6 Å². The summed E-state index contributed by atoms with van der Waals surface area (Å²) in [6.07, 6.45) is 7.46. The van der Waals surface area contributed by atoms with Gasteiger partial charge in [-0.2, -0.15) is 0 Å². The van der Waals surface area contributed by atoms with Gasteiger partial charge in [0.15, 0.2) is 0 Å². The van der Waals surface area contributed by atoms with Crippen LogP contribution in [0.15, 0.2) is 0 Å². The van der Waals surface area contributed by atoms with Gasteiger partial charge in [-0.25, -0.2) is 0 Å². The van der Waals surface area contributed by atoms with Crippen LogP contribution in [0, 0.1) is 17.8 Å². The van der Waals surface area contributed by atoms with E-state index < -0.39 is 0 Å². The van der Waals surface area contributed by atoms with E-state index in [0.29, 0.717) is 0 Å². The first-order valence-corrected chi connectivity index (χ1v) is 6.04. The zero-order valence-electron chi connectivity index (χ0n) is 10.3. The molecule has 0 unspecified atom stereocenters. The lowest BCUT2D eigenvalue weighted by Gasteiger charge is -2.24. The molecule has 1 rings (SSSR count). The van der Waals surface area contributed by atoms with Crippen LogP contribution < -0.4 is 0 Å². The highest BCUT2D eigenvalue weighted by atomic mass is 14.2. The third-order valence-electron chi connectivity index (χ3n) is 2.59. The SMILES string of the molecule is CC(C)C.CC(C)C1CCCCC1. The van der Waals surface area contributed by atoms with Crippen molar-refractivity contribution in [2.24, 2.45) is 17.8 Å². The zero-order chi connectivity index (χ0) is 10.3. The first-order valence-electron chi connectivity index (χ1n) is 6.04. The highest BCUT2D eigenvalue weighted by molar-refractivity contribution is 4.67. The van der Waals surface area contributed by atoms with Crippen molar-refractivity contribution in [1.29, 1.82) is 0 Å². The first kappa shape index (κ1) is 13.0. The maximum atomic E-state index is 2.36. The van der Waals surface area contributed by atoms with E-state index in [9.17, 15) is 0 Å². The van der Waals surface area contributed by atoms with E-state index in [0.717, 1.165) is 17.8 Å². The molecular formula is C13H28. The average Bonchev–Trinajstić information content (AvgIpc) is 2.05. The molecule has 80 valence electrons. The summed E-state index contributed by atoms with van der Waals surface area (Å²) in [4.78, 5) is 0. The standard InChI is InChI=1S/C9H18.C4H10/c1-8(2)9-6-4-3-5-7-9;1-4(2)3/h8-9H,3-7H2,1-2H3;4H,1-3H3. The molecule has 13 heavy (non-hydrogen) atoms. The molecule has 1 fully saturated rings. The van der Waals surface area contributed by atoms with Gasteiger partial charge in [0.25, 0.3) is 0 Å². The van der Waals surface area contributed by atoms with Crippen molar-refractivity contribution in [3.8, 4) is 0 Å². The van der Waals surface area contributed by atoms with Gasteiger partial charge >= 0.3 is 0 Å². The molecule has 1 aliphatic rings. The van der Waals surface area contributed by atoms with Crippen molar-refractivity contribution < 1.29 is 0 Å². The molecule has 0 aromatic carbocycles. The van der Waals surface area contributed by atoms with Crippen molar-refractivity contribution in [1.82, 2.24) is 0 Å². The van der Waals surface area contributed by atoms with Crippen molar-refractivity contribution in [2.45, 2.75) is 66.7 Å². The molecule has 0 heterocycles. The van der Waals surface area contributed by atoms with Gasteiger partial charge < -0.3 is 0 Å². The molecule has 0 aliphatic heterocycles. The fraction of sp³-hybridized carbons (Fsp3) is 1.00. The zero-order valence-corrected chi connectivity index (χ0v) is 10.3. The van der Waals surface area contributed by atoms with Crippen LogP contribution >= 0.6 is 0 Å². The molecule has 0 nitrogen and oxygen atoms in total. The van der Waals surface area contributed by atoms with E-state index in [1.54, 1.807) is 0 Å². The lowest BCUT2D eigenvalue weighted by Crippen LogP contribution is -2.12. The lowest BCUT2D eigenvalue weighted by molar-refractivity contribution is 0.279. The molecule has 1 aliphatic carbocycles. The van der Waals surface area contributed by atoms with Crippen LogP contribution in [-0.4, -0.2) is 0 Å². The molecule has 0 aromatic rings. The minimum Gasteiger partial charge on any atom is -0.0630 e. The normalized spacial score (nSPS) is 18.7. The molecule has 0 radical (unpaired) electrons. The predicted octanol–water partition coefficient (Wildman–Crippen LogP) is 4.89. The van der Waals surface area contributed by atoms with Gasteiger partial charge in [-0.15, -0.1) is 0 Å². The van der Waals surface area contributed by atoms with Crippen LogP contribution in [-0.2, 0) is 0 Å². The summed E-state index contributed by atoms with van der Waals surface area (Å²) >= 11 is 0. The van der Waals surface area contributed by atoms with Crippen LogP contribution in [0.3, 0.4) is 0 Å². The first-order chi connectivity index (χ1) is 6.04. The second-order valence-corrected chi connectivity index (χ2v) is 5.37. The summed E-state index contributed by atoms with van der Waals surface area (Å²) in [6.45, 7) is 11.2. The monoisotopic (exact) mass is 184 g/mol.